The van der Waals surface area contributed by atoms with E-state index in [1.807, 2.05) is 24.3 Å². The molecule has 0 spiro atoms. The normalized spacial score (nSPS) is 12.4. The van der Waals surface area contributed by atoms with E-state index in [2.05, 4.69) is 23.7 Å². The van der Waals surface area contributed by atoms with E-state index in [1.54, 1.807) is 33.7 Å². The Morgan fingerprint density at radius 3 is 1.92 bits per heavy atom. The van der Waals surface area contributed by atoms with Crippen LogP contribution in [0.25, 0.3) is 22.0 Å². The number of amides is 1. The molecule has 5 rings (SSSR count). The molecule has 4 aromatic carbocycles. The topological polar surface area (TPSA) is 174 Å². The number of rotatable bonds is 17. The molecule has 1 heterocycles. The van der Waals surface area contributed by atoms with Gasteiger partial charge in [-0.2, -0.15) is 18.2 Å². The van der Waals surface area contributed by atoms with Crippen LogP contribution in [0.4, 0.5) is 22.0 Å². The van der Waals surface area contributed by atoms with Crippen molar-refractivity contribution in [3.63, 3.8) is 0 Å². The van der Waals surface area contributed by atoms with Crippen LogP contribution in [0.15, 0.2) is 95.8 Å². The molecule has 17 heteroatoms. The van der Waals surface area contributed by atoms with E-state index in [4.69, 9.17) is 20.4 Å². The number of para-hydroxylation sites is 1. The lowest BCUT2D eigenvalue weighted by Crippen LogP contribution is -2.39. The second kappa shape index (κ2) is 21.3. The number of aliphatic hydroxyl groups is 2. The molecule has 0 aliphatic rings. The second-order valence-corrected chi connectivity index (χ2v) is 13.7. The van der Waals surface area contributed by atoms with Crippen molar-refractivity contribution in [2.45, 2.75) is 64.6 Å². The summed E-state index contributed by atoms with van der Waals surface area (Å²) in [5, 5.41) is 32.9. The van der Waals surface area contributed by atoms with Crippen LogP contribution in [-0.2, 0) is 46.5 Å². The maximum atomic E-state index is 14.5. The number of alkyl halides is 3. The number of aromatic nitrogens is 2. The average Bonchev–Trinajstić information content (AvgIpc) is 3.23. The highest BCUT2D eigenvalue weighted by Gasteiger charge is 2.30. The van der Waals surface area contributed by atoms with E-state index in [1.165, 1.54) is 24.3 Å². The number of aliphatic hydroxyl groups excluding tert-OH is 2. The Morgan fingerprint density at radius 2 is 1.35 bits per heavy atom. The van der Waals surface area contributed by atoms with Gasteiger partial charge in [-0.3, -0.25) is 9.59 Å². The van der Waals surface area contributed by atoms with Crippen molar-refractivity contribution < 1.29 is 56.8 Å². The summed E-state index contributed by atoms with van der Waals surface area (Å²) in [5.74, 6) is -5.39. The first kappa shape index (κ1) is 46.6. The number of fused-ring (bicyclic) bond motifs is 1. The van der Waals surface area contributed by atoms with Gasteiger partial charge in [-0.25, -0.2) is 18.4 Å². The Balaban J connectivity index is 0.000000703. The molecule has 0 aliphatic carbocycles. The molecule has 0 saturated carbocycles. The number of carboxylic acids is 2. The van der Waals surface area contributed by atoms with Crippen LogP contribution < -0.4 is 5.56 Å². The van der Waals surface area contributed by atoms with E-state index in [0.717, 1.165) is 49.0 Å². The molecule has 4 N–H and O–H groups in total. The summed E-state index contributed by atoms with van der Waals surface area (Å²) in [5.41, 5.74) is 1.69. The van der Waals surface area contributed by atoms with Crippen LogP contribution in [0.1, 0.15) is 42.8 Å². The molecule has 1 amide bonds. The molecular formula is C43H45F5N4O8. The number of carbonyl (C=O) groups is 3. The molecule has 60 heavy (non-hydrogen) atoms. The van der Waals surface area contributed by atoms with Crippen molar-refractivity contribution in [1.29, 1.82) is 0 Å². The maximum Gasteiger partial charge on any atom is 0.416 e. The Kier molecular flexibility index (Phi) is 16.5. The summed E-state index contributed by atoms with van der Waals surface area (Å²) in [6.07, 6.45) is -8.06. The zero-order valence-electron chi connectivity index (χ0n) is 32.8. The Labute approximate surface area is 341 Å². The summed E-state index contributed by atoms with van der Waals surface area (Å²) >= 11 is 0. The highest BCUT2D eigenvalue weighted by Crippen LogP contribution is 2.31. The monoisotopic (exact) mass is 840 g/mol. The quantitative estimate of drug-likeness (QED) is 0.0841. The summed E-state index contributed by atoms with van der Waals surface area (Å²) < 4.78 is 69.2. The summed E-state index contributed by atoms with van der Waals surface area (Å²) in [4.78, 5) is 55.0. The first-order valence-corrected chi connectivity index (χ1v) is 18.9. The lowest BCUT2D eigenvalue weighted by Gasteiger charge is -2.26. The predicted molar refractivity (Wildman–Crippen MR) is 212 cm³/mol. The van der Waals surface area contributed by atoms with E-state index in [0.29, 0.717) is 29.4 Å². The number of benzene rings is 4. The minimum atomic E-state index is -4.42. The fourth-order valence-corrected chi connectivity index (χ4v) is 6.32. The van der Waals surface area contributed by atoms with Crippen LogP contribution in [-0.4, -0.2) is 96.0 Å². The summed E-state index contributed by atoms with van der Waals surface area (Å²) in [7, 11) is 0. The van der Waals surface area contributed by atoms with Gasteiger partial charge in [-0.1, -0.05) is 74.5 Å². The second-order valence-electron chi connectivity index (χ2n) is 13.7. The van der Waals surface area contributed by atoms with Crippen molar-refractivity contribution in [2.75, 3.05) is 26.2 Å². The Morgan fingerprint density at radius 1 is 0.767 bits per heavy atom. The van der Waals surface area contributed by atoms with Crippen molar-refractivity contribution >= 4 is 28.7 Å². The highest BCUT2D eigenvalue weighted by atomic mass is 19.4. The summed E-state index contributed by atoms with van der Waals surface area (Å²) in [6.45, 7) is 7.29. The maximum absolute atomic E-state index is 14.5. The molecule has 0 saturated heterocycles. The van der Waals surface area contributed by atoms with Crippen LogP contribution in [0.3, 0.4) is 0 Å². The van der Waals surface area contributed by atoms with E-state index >= 15 is 0 Å². The molecule has 0 aliphatic heterocycles. The van der Waals surface area contributed by atoms with E-state index in [9.17, 15) is 41.1 Å². The molecule has 2 unspecified atom stereocenters. The van der Waals surface area contributed by atoms with Crippen LogP contribution in [0.2, 0.25) is 0 Å². The van der Waals surface area contributed by atoms with Crippen LogP contribution in [0, 0.1) is 11.6 Å². The van der Waals surface area contributed by atoms with Gasteiger partial charge in [0.05, 0.1) is 16.5 Å². The molecule has 320 valence electrons. The number of carbonyl (C=O) groups excluding carboxylic acids is 1. The number of aliphatic carboxylic acids is 2. The lowest BCUT2D eigenvalue weighted by molar-refractivity contribution is -0.165. The van der Waals surface area contributed by atoms with Gasteiger partial charge in [0.1, 0.15) is 12.4 Å². The number of carboxylic acid groups (broad SMARTS) is 2. The van der Waals surface area contributed by atoms with Gasteiger partial charge in [-0.15, -0.1) is 0 Å². The number of hydrogen-bond donors (Lipinski definition) is 4. The van der Waals surface area contributed by atoms with Gasteiger partial charge in [0.15, 0.2) is 23.8 Å². The van der Waals surface area contributed by atoms with E-state index in [-0.39, 0.29) is 43.2 Å². The van der Waals surface area contributed by atoms with Gasteiger partial charge in [0, 0.05) is 19.5 Å². The number of hydrogen-bond acceptors (Lipinski definition) is 8. The fraction of sp³-hybridized carbons (Fsp3) is 0.326. The van der Waals surface area contributed by atoms with Crippen molar-refractivity contribution in [3.05, 3.63) is 135 Å². The van der Waals surface area contributed by atoms with E-state index < -0.39 is 53.1 Å². The summed E-state index contributed by atoms with van der Waals surface area (Å²) in [6, 6.07) is 23.1. The van der Waals surface area contributed by atoms with Crippen LogP contribution in [0.5, 0.6) is 0 Å². The lowest BCUT2D eigenvalue weighted by atomic mass is 10.0. The zero-order chi connectivity index (χ0) is 44.1. The molecule has 0 bridgehead atoms. The minimum absolute atomic E-state index is 0.0709. The molecule has 2 atom stereocenters. The first-order valence-electron chi connectivity index (χ1n) is 18.9. The molecule has 0 radical (unpaired) electrons. The predicted octanol–water partition coefficient (Wildman–Crippen LogP) is 5.78. The molecule has 0 fully saturated rings. The fourth-order valence-electron chi connectivity index (χ4n) is 6.32. The first-order chi connectivity index (χ1) is 28.4. The van der Waals surface area contributed by atoms with Gasteiger partial charge in [0.25, 0.3) is 5.56 Å². The Bertz CT molecular complexity index is 2280. The standard InChI is InChI=1S/C39H39F5N4O2.C4H6O6/c1-3-46(4-2)23-8-24-47(25-27-13-15-28(16-14-27)29-17-20-31(21-18-29)39(42,43)44)36(49)26-48-34-12-6-5-10-32(34)38(50)45-35(48)22-19-30-9-7-11-33(40)37(30)41;5-1(3(7)8)2(6)4(9)10/h5-7,9-18,20-21H,3-4,8,19,22-26H2,1-2H3;1-2,5-6H,(H,7,8)(H,9,10). The van der Waals surface area contributed by atoms with Crippen molar-refractivity contribution in [3.8, 4) is 11.1 Å². The number of halogens is 5. The zero-order valence-corrected chi connectivity index (χ0v) is 32.8. The third-order valence-electron chi connectivity index (χ3n) is 9.74. The van der Waals surface area contributed by atoms with Gasteiger partial charge >= 0.3 is 18.1 Å². The smallest absolute Gasteiger partial charge is 0.416 e. The van der Waals surface area contributed by atoms with Crippen LogP contribution >= 0.6 is 0 Å². The number of nitrogens with zero attached hydrogens (tertiary/aromatic N) is 4. The third kappa shape index (κ3) is 12.5. The SMILES string of the molecule is CCN(CC)CCCN(Cc1ccc(-c2ccc(C(F)(F)F)cc2)cc1)C(=O)Cn1c(CCc2cccc(F)c2F)nc(=O)c2ccccc21.O=C(O)C(O)C(O)C(=O)O. The molecule has 12 nitrogen and oxygen atoms in total. The number of aryl methyl sites for hydroxylation is 2. The van der Waals surface area contributed by atoms with Crippen molar-refractivity contribution in [2.24, 2.45) is 0 Å². The minimum Gasteiger partial charge on any atom is -0.479 e. The van der Waals surface area contributed by atoms with Gasteiger partial charge in [0.2, 0.25) is 5.91 Å². The third-order valence-corrected chi connectivity index (χ3v) is 9.74. The molecular weight excluding hydrogens is 795 g/mol. The van der Waals surface area contributed by atoms with Gasteiger partial charge in [-0.05, 0) is 85.1 Å². The molecule has 5 aromatic rings. The molecule has 1 aromatic heterocycles. The van der Waals surface area contributed by atoms with Gasteiger partial charge < -0.3 is 34.8 Å². The largest absolute Gasteiger partial charge is 0.479 e. The Hall–Kier alpha value is -6.04. The van der Waals surface area contributed by atoms with Crippen molar-refractivity contribution in [1.82, 2.24) is 19.4 Å². The average molecular weight is 841 g/mol. The highest BCUT2D eigenvalue weighted by molar-refractivity contribution is 5.83.